The van der Waals surface area contributed by atoms with Crippen LogP contribution in [0.25, 0.3) is 11.1 Å². The lowest BCUT2D eigenvalue weighted by Gasteiger charge is -2.15. The maximum Gasteiger partial charge on any atom is 0.147 e. The van der Waals surface area contributed by atoms with Crippen LogP contribution in [-0.2, 0) is 11.2 Å². The molecule has 0 fully saturated rings. The lowest BCUT2D eigenvalue weighted by molar-refractivity contribution is -0.118. The van der Waals surface area contributed by atoms with Crippen molar-refractivity contribution in [1.82, 2.24) is 5.32 Å². The minimum absolute atomic E-state index is 0.130. The van der Waals surface area contributed by atoms with Gasteiger partial charge in [0, 0.05) is 5.56 Å². The number of ketones is 1. The van der Waals surface area contributed by atoms with E-state index in [1.165, 1.54) is 5.56 Å². The fraction of sp³-hybridized carbons (Fsp3) is 0.381. The van der Waals surface area contributed by atoms with Crippen LogP contribution < -0.4 is 10.1 Å². The van der Waals surface area contributed by atoms with Gasteiger partial charge in [-0.25, -0.2) is 0 Å². The van der Waals surface area contributed by atoms with Crippen LogP contribution >= 0.6 is 0 Å². The number of rotatable bonds is 7. The molecule has 128 valence electrons. The van der Waals surface area contributed by atoms with Crippen molar-refractivity contribution in [2.75, 3.05) is 14.2 Å². The number of Topliss-reactive ketones (excluding diaryl/α,β-unsaturated/α-hetero) is 1. The highest BCUT2D eigenvalue weighted by atomic mass is 16.5. The Bertz CT molecular complexity index is 689. The Balaban J connectivity index is 2.30. The van der Waals surface area contributed by atoms with Gasteiger partial charge in [-0.2, -0.15) is 0 Å². The van der Waals surface area contributed by atoms with Gasteiger partial charge in [0.1, 0.15) is 11.5 Å². The van der Waals surface area contributed by atoms with Crippen molar-refractivity contribution in [3.8, 4) is 16.9 Å². The van der Waals surface area contributed by atoms with E-state index in [0.29, 0.717) is 12.3 Å². The van der Waals surface area contributed by atoms with E-state index in [1.54, 1.807) is 14.0 Å². The van der Waals surface area contributed by atoms with Gasteiger partial charge in [-0.1, -0.05) is 44.2 Å². The molecule has 0 bridgehead atoms. The number of carbonyl (C=O) groups excluding carboxylic acids is 1. The fourth-order valence-corrected chi connectivity index (χ4v) is 2.82. The molecule has 2 aromatic carbocycles. The zero-order valence-corrected chi connectivity index (χ0v) is 15.2. The minimum Gasteiger partial charge on any atom is -0.496 e. The summed E-state index contributed by atoms with van der Waals surface area (Å²) in [7, 11) is 3.52. The Labute approximate surface area is 145 Å². The lowest BCUT2D eigenvalue weighted by atomic mass is 9.95. The first-order chi connectivity index (χ1) is 11.5. The molecule has 1 atom stereocenters. The van der Waals surface area contributed by atoms with Crippen molar-refractivity contribution in [1.29, 1.82) is 0 Å². The van der Waals surface area contributed by atoms with E-state index in [1.807, 2.05) is 13.1 Å². The highest BCUT2D eigenvalue weighted by Crippen LogP contribution is 2.33. The van der Waals surface area contributed by atoms with E-state index in [0.717, 1.165) is 22.4 Å². The maximum atomic E-state index is 11.6. The first-order valence-corrected chi connectivity index (χ1v) is 8.41. The molecule has 1 N–H and O–H groups in total. The Morgan fingerprint density at radius 3 is 2.29 bits per heavy atom. The summed E-state index contributed by atoms with van der Waals surface area (Å²) in [6.07, 6.45) is 0.704. The summed E-state index contributed by atoms with van der Waals surface area (Å²) in [5, 5.41) is 3.06. The summed E-state index contributed by atoms with van der Waals surface area (Å²) in [6.45, 7) is 6.00. The average molecular weight is 325 g/mol. The number of likely N-dealkylation sites (N-methyl/N-ethyl adjacent to an activating group) is 1. The summed E-state index contributed by atoms with van der Waals surface area (Å²) in [5.41, 5.74) is 4.67. The normalized spacial score (nSPS) is 12.2. The number of nitrogens with one attached hydrogen (secondary N) is 1. The molecule has 0 saturated heterocycles. The lowest BCUT2D eigenvalue weighted by Crippen LogP contribution is -2.34. The topological polar surface area (TPSA) is 38.3 Å². The maximum absolute atomic E-state index is 11.6. The molecule has 0 spiro atoms. The molecule has 0 unspecified atom stereocenters. The van der Waals surface area contributed by atoms with Crippen molar-refractivity contribution < 1.29 is 9.53 Å². The van der Waals surface area contributed by atoms with Gasteiger partial charge in [0.25, 0.3) is 0 Å². The summed E-state index contributed by atoms with van der Waals surface area (Å²) < 4.78 is 5.52. The quantitative estimate of drug-likeness (QED) is 0.829. The van der Waals surface area contributed by atoms with Gasteiger partial charge in [0.05, 0.1) is 13.2 Å². The molecule has 24 heavy (non-hydrogen) atoms. The van der Waals surface area contributed by atoms with Crippen LogP contribution in [0.2, 0.25) is 0 Å². The Morgan fingerprint density at radius 2 is 1.79 bits per heavy atom. The van der Waals surface area contributed by atoms with Gasteiger partial charge >= 0.3 is 0 Å². The Hall–Kier alpha value is -2.13. The van der Waals surface area contributed by atoms with E-state index in [4.69, 9.17) is 4.74 Å². The average Bonchev–Trinajstić information content (AvgIpc) is 2.59. The molecule has 0 saturated carbocycles. The molecule has 0 heterocycles. The van der Waals surface area contributed by atoms with E-state index < -0.39 is 0 Å². The molecule has 0 radical (unpaired) electrons. The van der Waals surface area contributed by atoms with Crippen LogP contribution in [0.15, 0.2) is 42.5 Å². The van der Waals surface area contributed by atoms with Crippen LogP contribution in [0.4, 0.5) is 0 Å². The first-order valence-electron chi connectivity index (χ1n) is 8.41. The monoisotopic (exact) mass is 325 g/mol. The molecule has 2 aromatic rings. The predicted molar refractivity (Wildman–Crippen MR) is 99.8 cm³/mol. The summed E-state index contributed by atoms with van der Waals surface area (Å²) in [6, 6.07) is 14.6. The molecule has 0 aliphatic carbocycles. The number of hydrogen-bond donors (Lipinski definition) is 1. The molecule has 0 aromatic heterocycles. The number of benzene rings is 2. The summed E-state index contributed by atoms with van der Waals surface area (Å²) in [4.78, 5) is 11.6. The van der Waals surface area contributed by atoms with Gasteiger partial charge in [0.15, 0.2) is 0 Å². The molecule has 0 amide bonds. The standard InChI is InChI=1S/C21H27NO2/c1-14(2)18-10-11-21(24-5)19(13-18)17-8-6-16(7-9-17)12-20(22-4)15(3)23/h6-11,13-14,20,22H,12H2,1-5H3/t20-/m0/s1. The molecule has 3 nitrogen and oxygen atoms in total. The van der Waals surface area contributed by atoms with Crippen molar-refractivity contribution >= 4 is 5.78 Å². The summed E-state index contributed by atoms with van der Waals surface area (Å²) >= 11 is 0. The predicted octanol–water partition coefficient (Wildman–Crippen LogP) is 4.21. The van der Waals surface area contributed by atoms with Crippen LogP contribution in [0.1, 0.15) is 37.8 Å². The van der Waals surface area contributed by atoms with E-state index >= 15 is 0 Å². The largest absolute Gasteiger partial charge is 0.496 e. The van der Waals surface area contributed by atoms with Gasteiger partial charge in [0.2, 0.25) is 0 Å². The van der Waals surface area contributed by atoms with Gasteiger partial charge in [-0.3, -0.25) is 4.79 Å². The third-order valence-corrected chi connectivity index (χ3v) is 4.43. The molecule has 0 aliphatic rings. The Morgan fingerprint density at radius 1 is 1.12 bits per heavy atom. The highest BCUT2D eigenvalue weighted by molar-refractivity contribution is 5.81. The van der Waals surface area contributed by atoms with Crippen molar-refractivity contribution in [2.45, 2.75) is 39.2 Å². The zero-order valence-electron chi connectivity index (χ0n) is 15.2. The Kier molecular flexibility index (Phi) is 6.16. The second-order valence-corrected chi connectivity index (χ2v) is 6.47. The zero-order chi connectivity index (χ0) is 17.7. The first kappa shape index (κ1) is 18.2. The van der Waals surface area contributed by atoms with E-state index in [9.17, 15) is 4.79 Å². The molecular formula is C21H27NO2. The molecular weight excluding hydrogens is 298 g/mol. The number of carbonyl (C=O) groups is 1. The summed E-state index contributed by atoms with van der Waals surface area (Å²) in [5.74, 6) is 1.51. The van der Waals surface area contributed by atoms with Gasteiger partial charge in [-0.15, -0.1) is 0 Å². The van der Waals surface area contributed by atoms with Crippen LogP contribution in [0, 0.1) is 0 Å². The smallest absolute Gasteiger partial charge is 0.147 e. The third kappa shape index (κ3) is 4.24. The minimum atomic E-state index is -0.130. The van der Waals surface area contributed by atoms with Crippen LogP contribution in [0.3, 0.4) is 0 Å². The van der Waals surface area contributed by atoms with Crippen LogP contribution in [0.5, 0.6) is 5.75 Å². The molecule has 3 heteroatoms. The molecule has 2 rings (SSSR count). The van der Waals surface area contributed by atoms with E-state index in [2.05, 4.69) is 55.6 Å². The van der Waals surface area contributed by atoms with Crippen molar-refractivity contribution in [2.24, 2.45) is 0 Å². The van der Waals surface area contributed by atoms with Crippen molar-refractivity contribution in [3.63, 3.8) is 0 Å². The van der Waals surface area contributed by atoms with Crippen molar-refractivity contribution in [3.05, 3.63) is 53.6 Å². The highest BCUT2D eigenvalue weighted by Gasteiger charge is 2.13. The number of methoxy groups -OCH3 is 1. The molecule has 0 aliphatic heterocycles. The van der Waals surface area contributed by atoms with Crippen LogP contribution in [-0.4, -0.2) is 26.0 Å². The van der Waals surface area contributed by atoms with Gasteiger partial charge in [-0.05, 0) is 55.1 Å². The van der Waals surface area contributed by atoms with Gasteiger partial charge < -0.3 is 10.1 Å². The second kappa shape index (κ2) is 8.11. The third-order valence-electron chi connectivity index (χ3n) is 4.43. The second-order valence-electron chi connectivity index (χ2n) is 6.47. The SMILES string of the molecule is CN[C@@H](Cc1ccc(-c2cc(C(C)C)ccc2OC)cc1)C(C)=O. The number of ether oxygens (including phenoxy) is 1. The van der Waals surface area contributed by atoms with E-state index in [-0.39, 0.29) is 11.8 Å². The fourth-order valence-electron chi connectivity index (χ4n) is 2.82. The number of hydrogen-bond acceptors (Lipinski definition) is 3.